The third-order valence-corrected chi connectivity index (χ3v) is 12.7. The Balaban J connectivity index is 1.47. The van der Waals surface area contributed by atoms with Crippen molar-refractivity contribution >= 4 is 54.7 Å². The van der Waals surface area contributed by atoms with Crippen LogP contribution in [0.2, 0.25) is 0 Å². The highest BCUT2D eigenvalue weighted by Crippen LogP contribution is 2.45. The number of fused-ring (bicyclic) bond motifs is 3. The second kappa shape index (κ2) is 13.4. The van der Waals surface area contributed by atoms with Gasteiger partial charge in [-0.25, -0.2) is 0 Å². The highest BCUT2D eigenvalue weighted by Gasteiger charge is 2.30. The van der Waals surface area contributed by atoms with Gasteiger partial charge in [0.05, 0.1) is 0 Å². The molecule has 1 aromatic heterocycles. The van der Waals surface area contributed by atoms with Gasteiger partial charge in [0.1, 0.15) is 17.1 Å². The molecule has 0 spiro atoms. The van der Waals surface area contributed by atoms with Gasteiger partial charge in [0.2, 0.25) is 0 Å². The minimum Gasteiger partial charge on any atom is -0.390 e. The van der Waals surface area contributed by atoms with Crippen LogP contribution in [0.1, 0.15) is 67.5 Å². The van der Waals surface area contributed by atoms with E-state index in [9.17, 15) is 0 Å². The first-order chi connectivity index (χ1) is 22.5. The lowest BCUT2D eigenvalue weighted by molar-refractivity contribution is 0.454. The second-order valence-corrected chi connectivity index (χ2v) is 15.4. The molecule has 2 aliphatic rings. The summed E-state index contributed by atoms with van der Waals surface area (Å²) in [4.78, 5) is 0. The Labute approximate surface area is 274 Å². The van der Waals surface area contributed by atoms with E-state index < -0.39 is 16.2 Å². The molecular weight excluding hydrogens is 602 g/mol. The molecule has 0 saturated heterocycles. The van der Waals surface area contributed by atoms with E-state index in [1.165, 1.54) is 43.7 Å². The van der Waals surface area contributed by atoms with E-state index in [1.807, 2.05) is 12.1 Å². The quantitative estimate of drug-likeness (QED) is 0.166. The maximum Gasteiger partial charge on any atom is 0.453 e. The number of rotatable bonds is 7. The normalized spacial score (nSPS) is 17.8. The summed E-state index contributed by atoms with van der Waals surface area (Å²) in [5.41, 5.74) is 7.27. The van der Waals surface area contributed by atoms with E-state index in [4.69, 9.17) is 12.9 Å². The van der Waals surface area contributed by atoms with Crippen LogP contribution in [-0.4, -0.2) is 0 Å². The lowest BCUT2D eigenvalue weighted by atomic mass is 9.83. The standard InChI is InChI=1S/C41H40O3P2/c1-5-33-28(2)26-27-38(45(31-18-8-6-9-19-31)32-20-10-7-11-21-32)41(33)40-30(4)17-15-25-37(40)44-46-42-35-23-13-12-22-34(35)39-29(3)16-14-24-36(39)43-46/h6-15,18-27,29-30H,5,16-17H2,1-4H3/t29?,30-,46?/m1/s1. The second-order valence-electron chi connectivity index (χ2n) is 12.2. The fourth-order valence-corrected chi connectivity index (χ4v) is 10.5. The van der Waals surface area contributed by atoms with Crippen molar-refractivity contribution in [3.05, 3.63) is 149 Å². The Morgan fingerprint density at radius 1 is 0.761 bits per heavy atom. The number of benzene rings is 4. The highest BCUT2D eigenvalue weighted by atomic mass is 31.1. The number of hydrogen-bond donors (Lipinski definition) is 0. The molecule has 46 heavy (non-hydrogen) atoms. The van der Waals surface area contributed by atoms with Gasteiger partial charge in [-0.1, -0.05) is 124 Å². The molecule has 1 heterocycles. The maximum atomic E-state index is 6.93. The summed E-state index contributed by atoms with van der Waals surface area (Å²) in [7, 11) is -2.58. The number of hydrogen-bond acceptors (Lipinski definition) is 3. The van der Waals surface area contributed by atoms with Crippen LogP contribution >= 0.6 is 16.2 Å². The summed E-state index contributed by atoms with van der Waals surface area (Å²) >= 11 is 0. The average Bonchev–Trinajstić information content (AvgIpc) is 3.23. The molecule has 0 bridgehead atoms. The van der Waals surface area contributed by atoms with E-state index in [2.05, 4.69) is 137 Å². The lowest BCUT2D eigenvalue weighted by Crippen LogP contribution is -2.26. The molecule has 5 heteroatoms. The minimum absolute atomic E-state index is 0.257. The third kappa shape index (κ3) is 5.84. The first-order valence-corrected chi connectivity index (χ1v) is 18.7. The van der Waals surface area contributed by atoms with E-state index in [0.29, 0.717) is 5.92 Å². The number of allylic oxidation sites excluding steroid dienone is 4. The molecule has 3 nitrogen and oxygen atoms in total. The summed E-state index contributed by atoms with van der Waals surface area (Å²) in [6, 6.07) is 34.9. The Hall–Kier alpha value is -4.03. The summed E-state index contributed by atoms with van der Waals surface area (Å²) in [6.45, 7) is 9.09. The van der Waals surface area contributed by atoms with Gasteiger partial charge in [-0.3, -0.25) is 0 Å². The highest BCUT2D eigenvalue weighted by molar-refractivity contribution is 7.80. The van der Waals surface area contributed by atoms with Crippen LogP contribution in [0.25, 0.3) is 22.6 Å². The molecule has 2 aliphatic carbocycles. The fraction of sp³-hybridized carbons (Fsp3) is 0.220. The van der Waals surface area contributed by atoms with Crippen molar-refractivity contribution in [2.45, 2.75) is 52.9 Å². The predicted molar refractivity (Wildman–Crippen MR) is 197 cm³/mol. The molecule has 4 aromatic carbocycles. The molecular formula is C41H40O3P2. The van der Waals surface area contributed by atoms with Gasteiger partial charge in [-0.05, 0) is 96.8 Å². The minimum atomic E-state index is -1.75. The van der Waals surface area contributed by atoms with Crippen molar-refractivity contribution in [1.29, 1.82) is 0 Å². The molecule has 5 aromatic rings. The number of aryl methyl sites for hydroxylation is 1. The topological polar surface area (TPSA) is 35.5 Å². The van der Waals surface area contributed by atoms with Gasteiger partial charge >= 0.3 is 8.24 Å². The van der Waals surface area contributed by atoms with Crippen LogP contribution in [0, 0.1) is 12.8 Å². The first-order valence-electron chi connectivity index (χ1n) is 16.3. The molecule has 0 fully saturated rings. The van der Waals surface area contributed by atoms with Gasteiger partial charge in [-0.15, -0.1) is 0 Å². The van der Waals surface area contributed by atoms with Crippen molar-refractivity contribution in [2.24, 2.45) is 5.92 Å². The average molecular weight is 643 g/mol. The summed E-state index contributed by atoms with van der Waals surface area (Å²) in [5, 5.41) is 5.14. The summed E-state index contributed by atoms with van der Waals surface area (Å²) < 4.78 is 20.2. The molecule has 0 radical (unpaired) electrons. The molecule has 7 rings (SSSR count). The van der Waals surface area contributed by atoms with E-state index in [-0.39, 0.29) is 5.92 Å². The fourth-order valence-electron chi connectivity index (χ4n) is 6.92. The molecule has 0 amide bonds. The third-order valence-electron chi connectivity index (χ3n) is 9.15. The van der Waals surface area contributed by atoms with Gasteiger partial charge < -0.3 is 12.9 Å². The Bertz CT molecular complexity index is 1960. The zero-order valence-electron chi connectivity index (χ0n) is 26.9. The Kier molecular flexibility index (Phi) is 8.90. The van der Waals surface area contributed by atoms with Crippen LogP contribution in [0.3, 0.4) is 0 Å². The van der Waals surface area contributed by atoms with Crippen molar-refractivity contribution in [3.8, 4) is 0 Å². The van der Waals surface area contributed by atoms with Crippen molar-refractivity contribution in [1.82, 2.24) is 0 Å². The van der Waals surface area contributed by atoms with Crippen molar-refractivity contribution < 1.29 is 12.9 Å². The predicted octanol–water partition coefficient (Wildman–Crippen LogP) is 10.7. The Morgan fingerprint density at radius 3 is 2.13 bits per heavy atom. The zero-order chi connectivity index (χ0) is 31.6. The van der Waals surface area contributed by atoms with Crippen molar-refractivity contribution in [3.63, 3.8) is 0 Å². The van der Waals surface area contributed by atoms with Gasteiger partial charge in [0.15, 0.2) is 0 Å². The maximum absolute atomic E-state index is 6.93. The van der Waals surface area contributed by atoms with Gasteiger partial charge in [-0.2, -0.15) is 0 Å². The summed E-state index contributed by atoms with van der Waals surface area (Å²) in [5.74, 6) is 2.29. The van der Waals surface area contributed by atoms with Crippen molar-refractivity contribution in [2.75, 3.05) is 0 Å². The number of para-hydroxylation sites is 1. The van der Waals surface area contributed by atoms with Crippen LogP contribution in [0.5, 0.6) is 0 Å². The lowest BCUT2D eigenvalue weighted by Gasteiger charge is -2.30. The van der Waals surface area contributed by atoms with Crippen LogP contribution in [-0.2, 0) is 6.42 Å². The molecule has 0 N–H and O–H groups in total. The molecule has 232 valence electrons. The first kappa shape index (κ1) is 30.6. The largest absolute Gasteiger partial charge is 0.453 e. The van der Waals surface area contributed by atoms with Crippen LogP contribution in [0.15, 0.2) is 129 Å². The smallest absolute Gasteiger partial charge is 0.390 e. The van der Waals surface area contributed by atoms with Crippen LogP contribution in [0.4, 0.5) is 0 Å². The summed E-state index contributed by atoms with van der Waals surface area (Å²) in [6.07, 6.45) is 11.5. The van der Waals surface area contributed by atoms with E-state index in [1.54, 1.807) is 0 Å². The zero-order valence-corrected chi connectivity index (χ0v) is 28.7. The molecule has 0 saturated carbocycles. The molecule has 0 aliphatic heterocycles. The molecule has 2 unspecified atom stereocenters. The Morgan fingerprint density at radius 2 is 1.41 bits per heavy atom. The van der Waals surface area contributed by atoms with Crippen LogP contribution < -0.4 is 20.4 Å². The monoisotopic (exact) mass is 642 g/mol. The van der Waals surface area contributed by atoms with Gasteiger partial charge in [0.25, 0.3) is 0 Å². The molecule has 3 atom stereocenters. The van der Waals surface area contributed by atoms with Gasteiger partial charge in [0, 0.05) is 16.5 Å². The van der Waals surface area contributed by atoms with E-state index >= 15 is 0 Å². The van der Waals surface area contributed by atoms with E-state index in [0.717, 1.165) is 41.8 Å². The SMILES string of the molecule is CCc1c(C)ccc(P(c2ccccc2)c2ccccc2)c1C1=C(Op2oc3c(c4ccccc4o2)C(C)CC=C3)C=CC[C@H]1C.